The summed E-state index contributed by atoms with van der Waals surface area (Å²) in [7, 11) is 16.4. The molecule has 2 aliphatic rings. The molecule has 2 aromatic carbocycles. The molecule has 0 nitrogen and oxygen atoms in total. The summed E-state index contributed by atoms with van der Waals surface area (Å²) in [5.74, 6) is -1.45. The molecule has 0 bridgehead atoms. The van der Waals surface area contributed by atoms with Crippen molar-refractivity contribution in [2.75, 3.05) is 0 Å². The Morgan fingerprint density at radius 3 is 1.32 bits per heavy atom. The molecule has 0 amide bonds. The third kappa shape index (κ3) is 4.04. The third-order valence-electron chi connectivity index (χ3n) is 8.41. The number of allylic oxidation sites excluding steroid dienone is 2. The van der Waals surface area contributed by atoms with Gasteiger partial charge in [-0.15, -0.1) is 0 Å². The van der Waals surface area contributed by atoms with Crippen molar-refractivity contribution in [2.24, 2.45) is 0 Å². The molecule has 0 saturated heterocycles. The van der Waals surface area contributed by atoms with Crippen molar-refractivity contribution in [1.82, 2.24) is 0 Å². The summed E-state index contributed by atoms with van der Waals surface area (Å²) in [6.45, 7) is 23.0. The molecule has 183 valence electrons. The summed E-state index contributed by atoms with van der Waals surface area (Å²) in [5, 5.41) is 0. The molecule has 0 heterocycles. The zero-order chi connectivity index (χ0) is 25.5. The predicted molar refractivity (Wildman–Crippen MR) is 154 cm³/mol. The molecule has 0 radical (unpaired) electrons. The van der Waals surface area contributed by atoms with Gasteiger partial charge in [0, 0.05) is 0 Å². The number of halogens is 2. The van der Waals surface area contributed by atoms with Gasteiger partial charge in [-0.1, -0.05) is 0 Å². The van der Waals surface area contributed by atoms with Gasteiger partial charge in [0.15, 0.2) is 0 Å². The molecule has 0 aromatic heterocycles. The van der Waals surface area contributed by atoms with Gasteiger partial charge in [0.25, 0.3) is 0 Å². The summed E-state index contributed by atoms with van der Waals surface area (Å²) in [6, 6.07) is 14.1. The Bertz CT molecular complexity index is 1130. The maximum atomic E-state index is 8.20. The zero-order valence-electron chi connectivity index (χ0n) is 22.6. The molecular formula is C30H41Cl2SiZr. The van der Waals surface area contributed by atoms with Crippen LogP contribution in [0.5, 0.6) is 0 Å². The topological polar surface area (TPSA) is 0 Å². The second-order valence-electron chi connectivity index (χ2n) is 13.2. The summed E-state index contributed by atoms with van der Waals surface area (Å²) in [5.41, 5.74) is 11.1. The van der Waals surface area contributed by atoms with Gasteiger partial charge in [-0.3, -0.25) is 0 Å². The third-order valence-corrected chi connectivity index (χ3v) is 60.7. The van der Waals surface area contributed by atoms with E-state index in [9.17, 15) is 0 Å². The van der Waals surface area contributed by atoms with Crippen molar-refractivity contribution >= 4 is 35.1 Å². The van der Waals surface area contributed by atoms with Crippen molar-refractivity contribution in [3.05, 3.63) is 80.9 Å². The van der Waals surface area contributed by atoms with Gasteiger partial charge in [-0.2, -0.15) is 0 Å². The number of hydrogen-bond acceptors (Lipinski definition) is 0. The average molecular weight is 592 g/mol. The molecule has 2 aliphatic carbocycles. The number of hydrogen-bond donors (Lipinski definition) is 0. The first-order valence-electron chi connectivity index (χ1n) is 12.7. The SMILES string of the molecule is CC1=Cc2cc(C(C)(C)C)ccc2[CH]1[Zr]([Cl])([Cl])([CH]1C(C)=Cc2cc(C(C)(C)C)ccc21)[SiH](C)C. The van der Waals surface area contributed by atoms with E-state index in [0.29, 0.717) is 0 Å². The fraction of sp³-hybridized carbons (Fsp3) is 0.467. The summed E-state index contributed by atoms with van der Waals surface area (Å²) >= 11 is -4.48. The van der Waals surface area contributed by atoms with Crippen LogP contribution in [-0.2, 0) is 26.4 Å². The van der Waals surface area contributed by atoms with Gasteiger partial charge in [0.1, 0.15) is 0 Å². The first kappa shape index (κ1) is 26.7. The standard InChI is InChI=1S/2C14H17.C2H7Si.2ClH.Zr/c2*1-10-7-11-5-6-13(14(2,3)4)9-12(11)8-10;1-3-2;;;/h2*5-9H,1-4H3;3H,1-2H3;2*1H;/q;;;;;+2/p-2. The molecule has 0 spiro atoms. The fourth-order valence-corrected chi connectivity index (χ4v) is 39.3. The van der Waals surface area contributed by atoms with E-state index >= 15 is 0 Å². The van der Waals surface area contributed by atoms with Crippen molar-refractivity contribution in [3.63, 3.8) is 0 Å². The Morgan fingerprint density at radius 2 is 1.03 bits per heavy atom. The van der Waals surface area contributed by atoms with Gasteiger partial charge in [0.05, 0.1) is 0 Å². The van der Waals surface area contributed by atoms with Crippen molar-refractivity contribution in [1.29, 1.82) is 0 Å². The van der Waals surface area contributed by atoms with Crippen molar-refractivity contribution in [2.45, 2.75) is 86.6 Å². The van der Waals surface area contributed by atoms with E-state index < -0.39 is 21.5 Å². The molecule has 0 saturated carbocycles. The fourth-order valence-electron chi connectivity index (χ4n) is 6.30. The second kappa shape index (κ2) is 8.31. The normalized spacial score (nSPS) is 21.6. The van der Waals surface area contributed by atoms with Crippen LogP contribution in [0.15, 0.2) is 47.5 Å². The molecular weight excluding hydrogens is 551 g/mol. The van der Waals surface area contributed by atoms with Gasteiger partial charge in [-0.25, -0.2) is 0 Å². The molecule has 0 N–H and O–H groups in total. The van der Waals surface area contributed by atoms with Crippen LogP contribution in [0.4, 0.5) is 0 Å². The molecule has 4 heteroatoms. The van der Waals surface area contributed by atoms with Crippen LogP contribution in [0.2, 0.25) is 13.1 Å². The Labute approximate surface area is 216 Å². The Kier molecular flexibility index (Phi) is 6.51. The van der Waals surface area contributed by atoms with Crippen LogP contribution < -0.4 is 0 Å². The average Bonchev–Trinajstić information content (AvgIpc) is 3.21. The van der Waals surface area contributed by atoms with Crippen LogP contribution >= 0.6 is 17.0 Å². The summed E-state index contributed by atoms with van der Waals surface area (Å²) in [6.07, 6.45) is 4.75. The molecule has 0 aliphatic heterocycles. The van der Waals surface area contributed by atoms with E-state index in [4.69, 9.17) is 17.0 Å². The Balaban J connectivity index is 1.91. The van der Waals surface area contributed by atoms with Gasteiger partial charge in [-0.05, 0) is 0 Å². The van der Waals surface area contributed by atoms with E-state index in [2.05, 4.69) is 117 Å². The first-order valence-corrected chi connectivity index (χ1v) is 29.0. The Morgan fingerprint density at radius 1 is 0.676 bits per heavy atom. The monoisotopic (exact) mass is 589 g/mol. The molecule has 4 rings (SSSR count). The molecule has 2 atom stereocenters. The van der Waals surface area contributed by atoms with E-state index in [-0.39, 0.29) is 18.1 Å². The zero-order valence-corrected chi connectivity index (χ0v) is 27.7. The number of rotatable bonds is 3. The minimum atomic E-state index is -4.48. The van der Waals surface area contributed by atoms with E-state index in [1.54, 1.807) is 0 Å². The van der Waals surface area contributed by atoms with Crippen molar-refractivity contribution < 1.29 is 15.6 Å². The maximum absolute atomic E-state index is 8.20. The van der Waals surface area contributed by atoms with Crippen LogP contribution in [0.3, 0.4) is 0 Å². The Hall–Kier alpha value is -0.400. The van der Waals surface area contributed by atoms with E-state index in [1.807, 2.05) is 0 Å². The first-order chi connectivity index (χ1) is 15.5. The van der Waals surface area contributed by atoms with Gasteiger partial charge >= 0.3 is 218 Å². The molecule has 2 aromatic rings. The quantitative estimate of drug-likeness (QED) is 0.312. The number of benzene rings is 2. The molecule has 0 fully saturated rings. The number of fused-ring (bicyclic) bond motifs is 2. The minimum absolute atomic E-state index is 0.121. The summed E-state index contributed by atoms with van der Waals surface area (Å²) in [4.78, 5) is 0. The molecule has 2 unspecified atom stereocenters. The second-order valence-corrected chi connectivity index (χ2v) is 55.7. The summed E-state index contributed by atoms with van der Waals surface area (Å²) < 4.78 is 0.365. The van der Waals surface area contributed by atoms with E-state index in [0.717, 1.165) is 0 Å². The van der Waals surface area contributed by atoms with Crippen LogP contribution in [0, 0.1) is 0 Å². The molecule has 34 heavy (non-hydrogen) atoms. The van der Waals surface area contributed by atoms with Crippen molar-refractivity contribution in [3.8, 4) is 0 Å². The van der Waals surface area contributed by atoms with Gasteiger partial charge in [0.2, 0.25) is 0 Å². The van der Waals surface area contributed by atoms with Crippen LogP contribution in [0.1, 0.15) is 96.0 Å². The predicted octanol–water partition coefficient (Wildman–Crippen LogP) is 9.88. The van der Waals surface area contributed by atoms with Gasteiger partial charge < -0.3 is 0 Å². The van der Waals surface area contributed by atoms with Crippen LogP contribution in [0.25, 0.3) is 12.2 Å². The van der Waals surface area contributed by atoms with E-state index in [1.165, 1.54) is 44.5 Å². The van der Waals surface area contributed by atoms with Crippen LogP contribution in [-0.4, -0.2) is 5.92 Å².